The molecule has 0 saturated carbocycles. The van der Waals surface area contributed by atoms with Gasteiger partial charge >= 0.3 is 0 Å². The van der Waals surface area contributed by atoms with E-state index < -0.39 is 0 Å². The van der Waals surface area contributed by atoms with Crippen molar-refractivity contribution in [3.63, 3.8) is 0 Å². The lowest BCUT2D eigenvalue weighted by atomic mass is 10.1. The number of aliphatic hydroxyl groups is 1. The minimum Gasteiger partial charge on any atom is -0.396 e. The third kappa shape index (κ3) is 8.35. The lowest BCUT2D eigenvalue weighted by Gasteiger charge is -2.15. The van der Waals surface area contributed by atoms with E-state index in [1.165, 1.54) is 0 Å². The van der Waals surface area contributed by atoms with Gasteiger partial charge in [-0.15, -0.1) is 0 Å². The van der Waals surface area contributed by atoms with Crippen LogP contribution in [0, 0.1) is 0 Å². The maximum Gasteiger partial charge on any atom is 0.246 e. The van der Waals surface area contributed by atoms with Gasteiger partial charge in [-0.2, -0.15) is 0 Å². The number of rotatable bonds is 9. The number of carbonyl (C=O) groups is 1. The van der Waals surface area contributed by atoms with Gasteiger partial charge in [0.2, 0.25) is 5.91 Å². The molecule has 1 amide bonds. The summed E-state index contributed by atoms with van der Waals surface area (Å²) >= 11 is 0. The Labute approximate surface area is 90.8 Å². The highest BCUT2D eigenvalue weighted by molar-refractivity contribution is 5.77. The second-order valence-electron chi connectivity index (χ2n) is 3.23. The molecule has 0 aliphatic heterocycles. The maximum absolute atomic E-state index is 11.3. The number of nitrogens with one attached hydrogen (secondary N) is 1. The van der Waals surface area contributed by atoms with Gasteiger partial charge in [-0.1, -0.05) is 6.92 Å². The smallest absolute Gasteiger partial charge is 0.246 e. The summed E-state index contributed by atoms with van der Waals surface area (Å²) in [6.45, 7) is 3.00. The molecule has 0 fully saturated rings. The van der Waals surface area contributed by atoms with E-state index in [0.717, 1.165) is 6.42 Å². The zero-order valence-electron chi connectivity index (χ0n) is 9.49. The normalized spacial score (nSPS) is 12.5. The molecule has 0 bridgehead atoms. The van der Waals surface area contributed by atoms with Crippen molar-refractivity contribution in [2.45, 2.75) is 25.8 Å². The lowest BCUT2D eigenvalue weighted by molar-refractivity contribution is -0.126. The van der Waals surface area contributed by atoms with E-state index in [4.69, 9.17) is 14.6 Å². The fourth-order valence-electron chi connectivity index (χ4n) is 1.11. The molecule has 0 spiro atoms. The molecule has 90 valence electrons. The monoisotopic (exact) mass is 219 g/mol. The second kappa shape index (κ2) is 9.89. The molecule has 5 heteroatoms. The van der Waals surface area contributed by atoms with Gasteiger partial charge in [0.15, 0.2) is 0 Å². The summed E-state index contributed by atoms with van der Waals surface area (Å²) < 4.78 is 9.83. The number of hydrogen-bond donors (Lipinski definition) is 2. The average Bonchev–Trinajstić information content (AvgIpc) is 2.24. The molecular formula is C10H21NO4. The van der Waals surface area contributed by atoms with Crippen molar-refractivity contribution < 1.29 is 19.4 Å². The van der Waals surface area contributed by atoms with Crippen molar-refractivity contribution in [3.8, 4) is 0 Å². The Morgan fingerprint density at radius 1 is 1.47 bits per heavy atom. The number of aliphatic hydroxyl groups excluding tert-OH is 1. The van der Waals surface area contributed by atoms with Gasteiger partial charge < -0.3 is 19.9 Å². The Morgan fingerprint density at radius 2 is 2.20 bits per heavy atom. The van der Waals surface area contributed by atoms with E-state index >= 15 is 0 Å². The maximum atomic E-state index is 11.3. The number of amides is 1. The van der Waals surface area contributed by atoms with E-state index in [-0.39, 0.29) is 25.2 Å². The highest BCUT2D eigenvalue weighted by Crippen LogP contribution is 1.96. The van der Waals surface area contributed by atoms with E-state index in [2.05, 4.69) is 5.32 Å². The van der Waals surface area contributed by atoms with Crippen LogP contribution >= 0.6 is 0 Å². The van der Waals surface area contributed by atoms with Gasteiger partial charge in [0, 0.05) is 19.8 Å². The van der Waals surface area contributed by atoms with Crippen molar-refractivity contribution in [2.75, 3.05) is 33.5 Å². The average molecular weight is 219 g/mol. The first kappa shape index (κ1) is 14.3. The van der Waals surface area contributed by atoms with Crippen LogP contribution in [-0.2, 0) is 14.3 Å². The topological polar surface area (TPSA) is 67.8 Å². The van der Waals surface area contributed by atoms with Crippen molar-refractivity contribution >= 4 is 5.91 Å². The molecule has 0 aromatic carbocycles. The zero-order valence-corrected chi connectivity index (χ0v) is 9.49. The standard InChI is InChI=1S/C10H21NO4/c1-3-9(4-5-12)11-10(13)8-15-7-6-14-2/h9,12H,3-8H2,1-2H3,(H,11,13). The van der Waals surface area contributed by atoms with Crippen LogP contribution in [0.2, 0.25) is 0 Å². The summed E-state index contributed by atoms with van der Waals surface area (Å²) in [5.74, 6) is -0.147. The van der Waals surface area contributed by atoms with E-state index in [9.17, 15) is 4.79 Å². The molecule has 0 heterocycles. The minimum atomic E-state index is -0.147. The third-order valence-electron chi connectivity index (χ3n) is 2.00. The molecule has 0 aliphatic rings. The van der Waals surface area contributed by atoms with Crippen LogP contribution in [0.4, 0.5) is 0 Å². The largest absolute Gasteiger partial charge is 0.396 e. The number of methoxy groups -OCH3 is 1. The van der Waals surface area contributed by atoms with Crippen LogP contribution in [0.5, 0.6) is 0 Å². The summed E-state index contributed by atoms with van der Waals surface area (Å²) in [7, 11) is 1.58. The Hall–Kier alpha value is -0.650. The molecule has 1 unspecified atom stereocenters. The SMILES string of the molecule is CCC(CCO)NC(=O)COCCOC. The van der Waals surface area contributed by atoms with Crippen LogP contribution in [0.1, 0.15) is 19.8 Å². The molecular weight excluding hydrogens is 198 g/mol. The Kier molecular flexibility index (Phi) is 9.46. The summed E-state index contributed by atoms with van der Waals surface area (Å²) in [5, 5.41) is 11.5. The van der Waals surface area contributed by atoms with Crippen LogP contribution in [0.25, 0.3) is 0 Å². The predicted molar refractivity (Wildman–Crippen MR) is 56.6 cm³/mol. The van der Waals surface area contributed by atoms with E-state index in [1.807, 2.05) is 6.92 Å². The van der Waals surface area contributed by atoms with Crippen LogP contribution in [0.3, 0.4) is 0 Å². The molecule has 0 aromatic heterocycles. The zero-order chi connectivity index (χ0) is 11.5. The van der Waals surface area contributed by atoms with Crippen LogP contribution < -0.4 is 5.32 Å². The Balaban J connectivity index is 3.52. The van der Waals surface area contributed by atoms with Gasteiger partial charge in [-0.25, -0.2) is 0 Å². The van der Waals surface area contributed by atoms with Crippen molar-refractivity contribution in [1.82, 2.24) is 5.32 Å². The van der Waals surface area contributed by atoms with Gasteiger partial charge in [0.1, 0.15) is 6.61 Å². The first-order valence-corrected chi connectivity index (χ1v) is 5.21. The molecule has 1 atom stereocenters. The lowest BCUT2D eigenvalue weighted by Crippen LogP contribution is -2.37. The Bertz CT molecular complexity index is 164. The number of ether oxygens (including phenoxy) is 2. The van der Waals surface area contributed by atoms with Crippen LogP contribution in [0.15, 0.2) is 0 Å². The molecule has 0 saturated heterocycles. The molecule has 15 heavy (non-hydrogen) atoms. The van der Waals surface area contributed by atoms with Gasteiger partial charge in [0.05, 0.1) is 13.2 Å². The van der Waals surface area contributed by atoms with Gasteiger partial charge in [-0.3, -0.25) is 4.79 Å². The minimum absolute atomic E-state index is 0.0357. The van der Waals surface area contributed by atoms with E-state index in [1.54, 1.807) is 7.11 Å². The fraction of sp³-hybridized carbons (Fsp3) is 0.900. The molecule has 0 radical (unpaired) electrons. The molecule has 2 N–H and O–H groups in total. The fourth-order valence-corrected chi connectivity index (χ4v) is 1.11. The first-order chi connectivity index (χ1) is 7.24. The summed E-state index contributed by atoms with van der Waals surface area (Å²) in [6.07, 6.45) is 1.39. The molecule has 0 aromatic rings. The van der Waals surface area contributed by atoms with Crippen molar-refractivity contribution in [2.24, 2.45) is 0 Å². The summed E-state index contributed by atoms with van der Waals surface area (Å²) in [6, 6.07) is 0.0357. The molecule has 0 rings (SSSR count). The van der Waals surface area contributed by atoms with E-state index in [0.29, 0.717) is 19.6 Å². The summed E-state index contributed by atoms with van der Waals surface area (Å²) in [5.41, 5.74) is 0. The number of hydrogen-bond acceptors (Lipinski definition) is 4. The highest BCUT2D eigenvalue weighted by atomic mass is 16.5. The number of carbonyl (C=O) groups excluding carboxylic acids is 1. The van der Waals surface area contributed by atoms with Crippen molar-refractivity contribution in [1.29, 1.82) is 0 Å². The highest BCUT2D eigenvalue weighted by Gasteiger charge is 2.09. The summed E-state index contributed by atoms with van der Waals surface area (Å²) in [4.78, 5) is 11.3. The first-order valence-electron chi connectivity index (χ1n) is 5.21. The quantitative estimate of drug-likeness (QED) is 0.533. The molecule has 5 nitrogen and oxygen atoms in total. The van der Waals surface area contributed by atoms with Crippen LogP contribution in [-0.4, -0.2) is 50.6 Å². The van der Waals surface area contributed by atoms with Gasteiger partial charge in [-0.05, 0) is 12.8 Å². The Morgan fingerprint density at radius 3 is 2.73 bits per heavy atom. The molecule has 0 aliphatic carbocycles. The van der Waals surface area contributed by atoms with Gasteiger partial charge in [0.25, 0.3) is 0 Å². The predicted octanol–water partition coefficient (Wildman–Crippen LogP) is -0.0734. The third-order valence-corrected chi connectivity index (χ3v) is 2.00. The van der Waals surface area contributed by atoms with Crippen molar-refractivity contribution in [3.05, 3.63) is 0 Å². The second-order valence-corrected chi connectivity index (χ2v) is 3.23.